The molecule has 1 atom stereocenters. The molecule has 0 bridgehead atoms. The molecule has 2 aromatic heterocycles. The van der Waals surface area contributed by atoms with E-state index in [1.807, 2.05) is 11.8 Å². The predicted molar refractivity (Wildman–Crippen MR) is 110 cm³/mol. The van der Waals surface area contributed by atoms with Crippen molar-refractivity contribution < 1.29 is 13.9 Å². The smallest absolute Gasteiger partial charge is 0.236 e. The number of rotatable bonds is 6. The molecule has 4 rings (SSSR count). The summed E-state index contributed by atoms with van der Waals surface area (Å²) in [6, 6.07) is 7.77. The standard InChI is InChI=1S/C19H20FN5O2S2/c1-12(18(26)24-8-6-16-13(10-24)7-9-28-16)29-19-23-22-17(25(19)21)11-27-15-4-2-14(20)3-5-15/h2-5,7,9,12H,6,8,10-11,21H2,1H3. The van der Waals surface area contributed by atoms with Crippen molar-refractivity contribution in [2.45, 2.75) is 36.9 Å². The number of carbonyl (C=O) groups excluding carboxylic acids is 1. The number of nitrogens with two attached hydrogens (primary N) is 1. The van der Waals surface area contributed by atoms with Crippen molar-refractivity contribution in [2.75, 3.05) is 12.4 Å². The van der Waals surface area contributed by atoms with Gasteiger partial charge < -0.3 is 15.5 Å². The Hall–Kier alpha value is -2.59. The van der Waals surface area contributed by atoms with Gasteiger partial charge in [0.05, 0.1) is 5.25 Å². The number of fused-ring (bicyclic) bond motifs is 1. The molecule has 0 aliphatic carbocycles. The molecule has 0 fully saturated rings. The van der Waals surface area contributed by atoms with E-state index in [9.17, 15) is 9.18 Å². The van der Waals surface area contributed by atoms with E-state index in [2.05, 4.69) is 21.6 Å². The second kappa shape index (κ2) is 8.42. The van der Waals surface area contributed by atoms with Crippen molar-refractivity contribution in [3.05, 3.63) is 57.8 Å². The van der Waals surface area contributed by atoms with Crippen molar-refractivity contribution in [1.82, 2.24) is 19.8 Å². The highest BCUT2D eigenvalue weighted by atomic mass is 32.2. The Kier molecular flexibility index (Phi) is 5.72. The summed E-state index contributed by atoms with van der Waals surface area (Å²) in [4.78, 5) is 16.1. The SMILES string of the molecule is CC(Sc1nnc(COc2ccc(F)cc2)n1N)C(=O)N1CCc2sccc2C1. The van der Waals surface area contributed by atoms with Crippen LogP contribution in [0.3, 0.4) is 0 Å². The molecule has 1 aliphatic rings. The van der Waals surface area contributed by atoms with Gasteiger partial charge in [0.2, 0.25) is 11.1 Å². The zero-order valence-corrected chi connectivity index (χ0v) is 17.4. The van der Waals surface area contributed by atoms with Gasteiger partial charge in [-0.15, -0.1) is 21.5 Å². The number of nitrogen functional groups attached to an aromatic ring is 1. The fourth-order valence-electron chi connectivity index (χ4n) is 3.07. The van der Waals surface area contributed by atoms with Crippen molar-refractivity contribution in [2.24, 2.45) is 0 Å². The fourth-order valence-corrected chi connectivity index (χ4v) is 4.83. The Balaban J connectivity index is 1.35. The molecule has 3 heterocycles. The van der Waals surface area contributed by atoms with Crippen LogP contribution in [-0.4, -0.2) is 37.5 Å². The van der Waals surface area contributed by atoms with Gasteiger partial charge in [0.25, 0.3) is 0 Å². The van der Waals surface area contributed by atoms with Crippen LogP contribution in [0.1, 0.15) is 23.2 Å². The summed E-state index contributed by atoms with van der Waals surface area (Å²) in [5.41, 5.74) is 1.23. The van der Waals surface area contributed by atoms with E-state index in [0.717, 1.165) is 13.0 Å². The second-order valence-electron chi connectivity index (χ2n) is 6.65. The lowest BCUT2D eigenvalue weighted by atomic mass is 10.1. The van der Waals surface area contributed by atoms with Crippen LogP contribution in [0.5, 0.6) is 5.75 Å². The van der Waals surface area contributed by atoms with Crippen molar-refractivity contribution in [1.29, 1.82) is 0 Å². The average Bonchev–Trinajstić information content (AvgIpc) is 3.33. The molecular weight excluding hydrogens is 413 g/mol. The van der Waals surface area contributed by atoms with Gasteiger partial charge in [0, 0.05) is 18.0 Å². The van der Waals surface area contributed by atoms with Gasteiger partial charge in [-0.05, 0) is 54.6 Å². The Morgan fingerprint density at radius 3 is 2.93 bits per heavy atom. The van der Waals surface area contributed by atoms with Crippen molar-refractivity contribution in [3.8, 4) is 5.75 Å². The van der Waals surface area contributed by atoms with E-state index < -0.39 is 0 Å². The minimum atomic E-state index is -0.340. The highest BCUT2D eigenvalue weighted by Gasteiger charge is 2.27. The first-order valence-electron chi connectivity index (χ1n) is 9.09. The zero-order valence-electron chi connectivity index (χ0n) is 15.7. The molecule has 0 radical (unpaired) electrons. The Morgan fingerprint density at radius 1 is 1.34 bits per heavy atom. The maximum absolute atomic E-state index is 13.0. The molecule has 1 unspecified atom stereocenters. The molecule has 2 N–H and O–H groups in total. The average molecular weight is 434 g/mol. The number of amides is 1. The molecular formula is C19H20FN5O2S2. The molecule has 10 heteroatoms. The van der Waals surface area contributed by atoms with Gasteiger partial charge in [0.1, 0.15) is 18.2 Å². The minimum absolute atomic E-state index is 0.0546. The third kappa shape index (κ3) is 4.38. The van der Waals surface area contributed by atoms with Crippen molar-refractivity contribution in [3.63, 3.8) is 0 Å². The lowest BCUT2D eigenvalue weighted by molar-refractivity contribution is -0.131. The second-order valence-corrected chi connectivity index (χ2v) is 8.96. The Morgan fingerprint density at radius 2 is 2.14 bits per heavy atom. The highest BCUT2D eigenvalue weighted by Crippen LogP contribution is 2.27. The number of ether oxygens (including phenoxy) is 1. The lowest BCUT2D eigenvalue weighted by Gasteiger charge is -2.29. The number of thiophene rings is 1. The zero-order chi connectivity index (χ0) is 20.4. The van der Waals surface area contributed by atoms with Crippen LogP contribution in [0.25, 0.3) is 0 Å². The van der Waals surface area contributed by atoms with E-state index in [1.54, 1.807) is 11.3 Å². The number of carbonyl (C=O) groups is 1. The summed E-state index contributed by atoms with van der Waals surface area (Å²) in [6.45, 7) is 3.31. The maximum Gasteiger partial charge on any atom is 0.236 e. The Labute approximate surface area is 175 Å². The van der Waals surface area contributed by atoms with E-state index in [0.29, 0.717) is 23.3 Å². The summed E-state index contributed by atoms with van der Waals surface area (Å²) in [5, 5.41) is 10.3. The molecule has 0 saturated heterocycles. The number of halogens is 1. The minimum Gasteiger partial charge on any atom is -0.486 e. The maximum atomic E-state index is 13.0. The largest absolute Gasteiger partial charge is 0.486 e. The molecule has 1 amide bonds. The summed E-state index contributed by atoms with van der Waals surface area (Å²) in [5.74, 6) is 6.72. The van der Waals surface area contributed by atoms with E-state index in [-0.39, 0.29) is 23.6 Å². The monoisotopic (exact) mass is 433 g/mol. The number of hydrogen-bond acceptors (Lipinski definition) is 7. The van der Waals surface area contributed by atoms with Gasteiger partial charge in [-0.2, -0.15) is 0 Å². The van der Waals surface area contributed by atoms with Crippen LogP contribution in [-0.2, 0) is 24.4 Å². The Bertz CT molecular complexity index is 1000. The van der Waals surface area contributed by atoms with E-state index >= 15 is 0 Å². The van der Waals surface area contributed by atoms with Crippen LogP contribution < -0.4 is 10.6 Å². The first kappa shape index (κ1) is 19.7. The molecule has 1 aliphatic heterocycles. The van der Waals surface area contributed by atoms with Crippen LogP contribution >= 0.6 is 23.1 Å². The molecule has 1 aromatic carbocycles. The van der Waals surface area contributed by atoms with Gasteiger partial charge in [-0.25, -0.2) is 9.07 Å². The molecule has 7 nitrogen and oxygen atoms in total. The van der Waals surface area contributed by atoms with Gasteiger partial charge >= 0.3 is 0 Å². The van der Waals surface area contributed by atoms with Gasteiger partial charge in [-0.1, -0.05) is 11.8 Å². The number of nitrogens with zero attached hydrogens (tertiary/aromatic N) is 4. The summed E-state index contributed by atoms with van der Waals surface area (Å²) in [7, 11) is 0. The van der Waals surface area contributed by atoms with Crippen LogP contribution in [0.15, 0.2) is 40.9 Å². The number of benzene rings is 1. The fraction of sp³-hybridized carbons (Fsp3) is 0.316. The van der Waals surface area contributed by atoms with Crippen LogP contribution in [0.2, 0.25) is 0 Å². The summed E-state index contributed by atoms with van der Waals surface area (Å²) < 4.78 is 19.8. The topological polar surface area (TPSA) is 86.3 Å². The summed E-state index contributed by atoms with van der Waals surface area (Å²) in [6.07, 6.45) is 0.897. The highest BCUT2D eigenvalue weighted by molar-refractivity contribution is 8.00. The molecule has 3 aromatic rings. The molecule has 152 valence electrons. The van der Waals surface area contributed by atoms with E-state index in [1.165, 1.54) is 51.1 Å². The number of aromatic nitrogens is 3. The summed E-state index contributed by atoms with van der Waals surface area (Å²) >= 11 is 3.02. The van der Waals surface area contributed by atoms with Crippen LogP contribution in [0, 0.1) is 5.82 Å². The normalized spacial score (nSPS) is 14.5. The van der Waals surface area contributed by atoms with Crippen molar-refractivity contribution >= 4 is 29.0 Å². The first-order valence-corrected chi connectivity index (χ1v) is 10.9. The van der Waals surface area contributed by atoms with Crippen LogP contribution in [0.4, 0.5) is 4.39 Å². The molecule has 0 saturated carbocycles. The first-order chi connectivity index (χ1) is 14.0. The molecule has 29 heavy (non-hydrogen) atoms. The number of hydrogen-bond donors (Lipinski definition) is 1. The number of thioether (sulfide) groups is 1. The third-order valence-corrected chi connectivity index (χ3v) is 6.73. The quantitative estimate of drug-likeness (QED) is 0.475. The van der Waals surface area contributed by atoms with Gasteiger partial charge in [0.15, 0.2) is 5.82 Å². The van der Waals surface area contributed by atoms with E-state index in [4.69, 9.17) is 10.6 Å². The van der Waals surface area contributed by atoms with Gasteiger partial charge in [-0.3, -0.25) is 4.79 Å². The predicted octanol–water partition coefficient (Wildman–Crippen LogP) is 2.84. The lowest BCUT2D eigenvalue weighted by Crippen LogP contribution is -2.39. The molecule has 0 spiro atoms. The third-order valence-electron chi connectivity index (χ3n) is 4.67.